The molecule has 0 bridgehead atoms. The Bertz CT molecular complexity index is 222. The summed E-state index contributed by atoms with van der Waals surface area (Å²) < 4.78 is 0. The summed E-state index contributed by atoms with van der Waals surface area (Å²) in [5.41, 5.74) is 6.63. The standard InChI is InChI=1S/C4H5N3O2S/c5-2(4(8)9)3-7-6-1-10-3/h1-2H,5H2,(H,8,9). The second-order valence-electron chi connectivity index (χ2n) is 1.59. The second kappa shape index (κ2) is 2.72. The SMILES string of the molecule is NC(C(=O)O)c1nncs1. The van der Waals surface area contributed by atoms with Crippen molar-refractivity contribution in [1.29, 1.82) is 0 Å². The Morgan fingerprint density at radius 3 is 3.00 bits per heavy atom. The molecule has 0 saturated carbocycles. The number of hydrogen-bond donors (Lipinski definition) is 2. The molecule has 0 aliphatic heterocycles. The molecule has 0 aromatic carbocycles. The maximum absolute atomic E-state index is 10.2. The summed E-state index contributed by atoms with van der Waals surface area (Å²) in [7, 11) is 0. The highest BCUT2D eigenvalue weighted by Crippen LogP contribution is 2.10. The van der Waals surface area contributed by atoms with Crippen LogP contribution in [0.4, 0.5) is 0 Å². The number of nitrogens with two attached hydrogens (primary N) is 1. The van der Waals surface area contributed by atoms with Crippen LogP contribution in [-0.2, 0) is 4.79 Å². The fourth-order valence-corrected chi connectivity index (χ4v) is 0.967. The molecule has 10 heavy (non-hydrogen) atoms. The summed E-state index contributed by atoms with van der Waals surface area (Å²) in [5.74, 6) is -1.09. The van der Waals surface area contributed by atoms with Crippen LogP contribution in [0.15, 0.2) is 5.51 Å². The Kier molecular flexibility index (Phi) is 1.93. The van der Waals surface area contributed by atoms with E-state index in [1.165, 1.54) is 5.51 Å². The molecule has 1 atom stereocenters. The van der Waals surface area contributed by atoms with E-state index in [-0.39, 0.29) is 0 Å². The van der Waals surface area contributed by atoms with E-state index >= 15 is 0 Å². The average Bonchev–Trinajstić information content (AvgIpc) is 2.36. The minimum absolute atomic E-state index is 0.326. The average molecular weight is 159 g/mol. The highest BCUT2D eigenvalue weighted by molar-refractivity contribution is 7.09. The van der Waals surface area contributed by atoms with Gasteiger partial charge < -0.3 is 10.8 Å². The third kappa shape index (κ3) is 1.28. The zero-order chi connectivity index (χ0) is 7.56. The molecular formula is C4H5N3O2S. The van der Waals surface area contributed by atoms with Crippen molar-refractivity contribution in [3.8, 4) is 0 Å². The van der Waals surface area contributed by atoms with Gasteiger partial charge in [0.25, 0.3) is 0 Å². The second-order valence-corrected chi connectivity index (χ2v) is 2.46. The van der Waals surface area contributed by atoms with E-state index in [4.69, 9.17) is 10.8 Å². The lowest BCUT2D eigenvalue weighted by atomic mass is 10.3. The van der Waals surface area contributed by atoms with Gasteiger partial charge in [0.15, 0.2) is 6.04 Å². The Labute approximate surface area is 60.5 Å². The maximum Gasteiger partial charge on any atom is 0.327 e. The number of carbonyl (C=O) groups is 1. The monoisotopic (exact) mass is 159 g/mol. The van der Waals surface area contributed by atoms with Gasteiger partial charge in [0.05, 0.1) is 0 Å². The Morgan fingerprint density at radius 2 is 2.60 bits per heavy atom. The van der Waals surface area contributed by atoms with Crippen molar-refractivity contribution in [3.05, 3.63) is 10.5 Å². The normalized spacial score (nSPS) is 12.9. The summed E-state index contributed by atoms with van der Waals surface area (Å²) in [5, 5.41) is 15.6. The van der Waals surface area contributed by atoms with Crippen molar-refractivity contribution in [2.45, 2.75) is 6.04 Å². The first-order chi connectivity index (χ1) is 4.72. The Morgan fingerprint density at radius 1 is 1.90 bits per heavy atom. The lowest BCUT2D eigenvalue weighted by Gasteiger charge is -1.97. The van der Waals surface area contributed by atoms with Gasteiger partial charge in [-0.3, -0.25) is 4.79 Å². The highest BCUT2D eigenvalue weighted by atomic mass is 32.1. The molecule has 1 unspecified atom stereocenters. The van der Waals surface area contributed by atoms with Gasteiger partial charge in [-0.1, -0.05) is 0 Å². The molecule has 1 aromatic heterocycles. The predicted octanol–water partition coefficient (Wildman–Crippen LogP) is -0.377. The zero-order valence-corrected chi connectivity index (χ0v) is 5.71. The molecule has 0 amide bonds. The summed E-state index contributed by atoms with van der Waals surface area (Å²) in [6.07, 6.45) is 0. The number of carboxylic acids is 1. The third-order valence-corrected chi connectivity index (χ3v) is 1.69. The molecular weight excluding hydrogens is 154 g/mol. The van der Waals surface area contributed by atoms with Gasteiger partial charge in [0, 0.05) is 0 Å². The molecule has 0 spiro atoms. The summed E-state index contributed by atoms with van der Waals surface area (Å²) >= 11 is 1.13. The fraction of sp³-hybridized carbons (Fsp3) is 0.250. The van der Waals surface area contributed by atoms with E-state index in [9.17, 15) is 4.79 Å². The van der Waals surface area contributed by atoms with E-state index in [0.29, 0.717) is 5.01 Å². The van der Waals surface area contributed by atoms with Crippen LogP contribution in [0.2, 0.25) is 0 Å². The van der Waals surface area contributed by atoms with Gasteiger partial charge >= 0.3 is 5.97 Å². The quantitative estimate of drug-likeness (QED) is 0.614. The fourth-order valence-electron chi connectivity index (χ4n) is 0.423. The van der Waals surface area contributed by atoms with Gasteiger partial charge in [-0.2, -0.15) is 0 Å². The van der Waals surface area contributed by atoms with Crippen molar-refractivity contribution in [2.24, 2.45) is 5.73 Å². The topological polar surface area (TPSA) is 89.1 Å². The van der Waals surface area contributed by atoms with Crippen molar-refractivity contribution < 1.29 is 9.90 Å². The Hall–Kier alpha value is -1.01. The molecule has 0 fully saturated rings. The van der Waals surface area contributed by atoms with Crippen LogP contribution >= 0.6 is 11.3 Å². The van der Waals surface area contributed by atoms with Crippen LogP contribution in [0.1, 0.15) is 11.0 Å². The van der Waals surface area contributed by atoms with Crippen LogP contribution in [0.3, 0.4) is 0 Å². The molecule has 3 N–H and O–H groups in total. The Balaban J connectivity index is 2.77. The van der Waals surface area contributed by atoms with Crippen molar-refractivity contribution in [2.75, 3.05) is 0 Å². The lowest BCUT2D eigenvalue weighted by Crippen LogP contribution is -2.20. The van der Waals surface area contributed by atoms with Crippen LogP contribution in [0.5, 0.6) is 0 Å². The molecule has 0 saturated heterocycles. The number of aromatic nitrogens is 2. The summed E-state index contributed by atoms with van der Waals surface area (Å²) in [4.78, 5) is 10.2. The van der Waals surface area contributed by atoms with Gasteiger partial charge in [0.2, 0.25) is 0 Å². The van der Waals surface area contributed by atoms with Crippen LogP contribution in [0.25, 0.3) is 0 Å². The molecule has 5 nitrogen and oxygen atoms in total. The van der Waals surface area contributed by atoms with E-state index in [1.807, 2.05) is 0 Å². The number of rotatable bonds is 2. The first kappa shape index (κ1) is 7.10. The molecule has 6 heteroatoms. The highest BCUT2D eigenvalue weighted by Gasteiger charge is 2.16. The maximum atomic E-state index is 10.2. The minimum Gasteiger partial charge on any atom is -0.480 e. The van der Waals surface area contributed by atoms with Crippen LogP contribution in [-0.4, -0.2) is 21.3 Å². The minimum atomic E-state index is -1.09. The lowest BCUT2D eigenvalue weighted by molar-refractivity contribution is -0.138. The molecule has 0 aliphatic rings. The van der Waals surface area contributed by atoms with E-state index in [0.717, 1.165) is 11.3 Å². The van der Waals surface area contributed by atoms with Gasteiger partial charge in [-0.15, -0.1) is 21.5 Å². The van der Waals surface area contributed by atoms with Gasteiger partial charge in [-0.25, -0.2) is 0 Å². The van der Waals surface area contributed by atoms with Crippen LogP contribution in [0, 0.1) is 0 Å². The number of carboxylic acid groups (broad SMARTS) is 1. The molecule has 1 rings (SSSR count). The van der Waals surface area contributed by atoms with Crippen LogP contribution < -0.4 is 5.73 Å². The van der Waals surface area contributed by atoms with Crippen molar-refractivity contribution in [1.82, 2.24) is 10.2 Å². The predicted molar refractivity (Wildman–Crippen MR) is 34.5 cm³/mol. The third-order valence-electron chi connectivity index (χ3n) is 0.909. The molecule has 0 radical (unpaired) electrons. The summed E-state index contributed by atoms with van der Waals surface area (Å²) in [6, 6.07) is -1.03. The van der Waals surface area contributed by atoms with Gasteiger partial charge in [0.1, 0.15) is 10.5 Å². The smallest absolute Gasteiger partial charge is 0.327 e. The first-order valence-corrected chi connectivity index (χ1v) is 3.34. The number of nitrogens with zero attached hydrogens (tertiary/aromatic N) is 2. The van der Waals surface area contributed by atoms with Crippen molar-refractivity contribution in [3.63, 3.8) is 0 Å². The van der Waals surface area contributed by atoms with Crippen molar-refractivity contribution >= 4 is 17.3 Å². The van der Waals surface area contributed by atoms with E-state index in [1.54, 1.807) is 0 Å². The number of hydrogen-bond acceptors (Lipinski definition) is 5. The van der Waals surface area contributed by atoms with Gasteiger partial charge in [-0.05, 0) is 0 Å². The molecule has 54 valence electrons. The van der Waals surface area contributed by atoms with E-state index < -0.39 is 12.0 Å². The first-order valence-electron chi connectivity index (χ1n) is 2.46. The summed E-state index contributed by atoms with van der Waals surface area (Å²) in [6.45, 7) is 0. The number of aliphatic carboxylic acids is 1. The molecule has 1 heterocycles. The molecule has 1 aromatic rings. The largest absolute Gasteiger partial charge is 0.480 e. The zero-order valence-electron chi connectivity index (χ0n) is 4.89. The molecule has 0 aliphatic carbocycles. The van der Waals surface area contributed by atoms with E-state index in [2.05, 4.69) is 10.2 Å².